The molecule has 5 nitrogen and oxygen atoms in total. The molecule has 1 unspecified atom stereocenters. The number of hydrogen-bond donors (Lipinski definition) is 2. The molecule has 0 spiro atoms. The third kappa shape index (κ3) is 6.68. The van der Waals surface area contributed by atoms with E-state index in [1.165, 1.54) is 19.3 Å². The summed E-state index contributed by atoms with van der Waals surface area (Å²) in [6, 6.07) is -0.104. The van der Waals surface area contributed by atoms with Crippen LogP contribution in [0.15, 0.2) is 0 Å². The Hall–Kier alpha value is -0.170. The molecule has 1 atom stereocenters. The molecule has 0 aromatic heterocycles. The Morgan fingerprint density at radius 3 is 2.61 bits per heavy atom. The van der Waals surface area contributed by atoms with E-state index >= 15 is 0 Å². The summed E-state index contributed by atoms with van der Waals surface area (Å²) in [7, 11) is -1.55. The molecule has 0 bridgehead atoms. The van der Waals surface area contributed by atoms with Gasteiger partial charge in [0.2, 0.25) is 10.0 Å². The van der Waals surface area contributed by atoms with E-state index in [1.807, 2.05) is 0 Å². The van der Waals surface area contributed by atoms with E-state index in [2.05, 4.69) is 4.72 Å². The molecule has 3 N–H and O–H groups in total. The normalized spacial score (nSPS) is 19.9. The summed E-state index contributed by atoms with van der Waals surface area (Å²) >= 11 is 0. The molecule has 108 valence electrons. The Bertz CT molecular complexity index is 313. The summed E-state index contributed by atoms with van der Waals surface area (Å²) in [4.78, 5) is 0. The smallest absolute Gasteiger partial charge is 0.211 e. The van der Waals surface area contributed by atoms with Gasteiger partial charge < -0.3 is 10.5 Å². The van der Waals surface area contributed by atoms with Gasteiger partial charge in [-0.3, -0.25) is 0 Å². The first-order valence-electron chi connectivity index (χ1n) is 6.75. The maximum absolute atomic E-state index is 11.9. The van der Waals surface area contributed by atoms with Crippen molar-refractivity contribution in [3.05, 3.63) is 0 Å². The molecule has 1 saturated carbocycles. The van der Waals surface area contributed by atoms with Crippen molar-refractivity contribution in [2.75, 3.05) is 26.0 Å². The molecular formula is C12H26N2O3S. The molecule has 0 heterocycles. The van der Waals surface area contributed by atoms with E-state index in [1.54, 1.807) is 7.11 Å². The zero-order valence-corrected chi connectivity index (χ0v) is 12.0. The molecule has 0 amide bonds. The third-order valence-corrected chi connectivity index (χ3v) is 4.95. The average Bonchev–Trinajstić information content (AvgIpc) is 2.29. The van der Waals surface area contributed by atoms with Gasteiger partial charge in [-0.2, -0.15) is 0 Å². The molecule has 0 aromatic carbocycles. The highest BCUT2D eigenvalue weighted by molar-refractivity contribution is 7.89. The van der Waals surface area contributed by atoms with Crippen molar-refractivity contribution in [1.29, 1.82) is 0 Å². The number of nitrogens with one attached hydrogen (secondary N) is 1. The van der Waals surface area contributed by atoms with Crippen LogP contribution in [0.1, 0.15) is 38.5 Å². The zero-order chi connectivity index (χ0) is 13.4. The maximum Gasteiger partial charge on any atom is 0.211 e. The zero-order valence-electron chi connectivity index (χ0n) is 11.2. The van der Waals surface area contributed by atoms with E-state index < -0.39 is 10.0 Å². The quantitative estimate of drug-likeness (QED) is 0.689. The van der Waals surface area contributed by atoms with Crippen molar-refractivity contribution in [2.45, 2.75) is 44.6 Å². The molecule has 1 rings (SSSR count). The molecule has 6 heteroatoms. The molecule has 0 radical (unpaired) electrons. The van der Waals surface area contributed by atoms with E-state index in [4.69, 9.17) is 10.5 Å². The summed E-state index contributed by atoms with van der Waals surface area (Å²) in [6.07, 6.45) is 6.28. The molecule has 0 aliphatic heterocycles. The first-order valence-corrected chi connectivity index (χ1v) is 8.40. The summed E-state index contributed by atoms with van der Waals surface area (Å²) in [5.74, 6) is 0.607. The molecule has 0 aromatic rings. The lowest BCUT2D eigenvalue weighted by atomic mass is 9.91. The van der Waals surface area contributed by atoms with E-state index in [9.17, 15) is 8.42 Å². The number of rotatable bonds is 8. The van der Waals surface area contributed by atoms with Gasteiger partial charge in [0.25, 0.3) is 0 Å². The van der Waals surface area contributed by atoms with Crippen LogP contribution in [0, 0.1) is 5.92 Å². The van der Waals surface area contributed by atoms with Crippen LogP contribution >= 0.6 is 0 Å². The van der Waals surface area contributed by atoms with Gasteiger partial charge >= 0.3 is 0 Å². The van der Waals surface area contributed by atoms with E-state index in [0.717, 1.165) is 12.8 Å². The highest BCUT2D eigenvalue weighted by Gasteiger charge is 2.20. The van der Waals surface area contributed by atoms with Crippen LogP contribution in [0.25, 0.3) is 0 Å². The Kier molecular flexibility index (Phi) is 7.14. The van der Waals surface area contributed by atoms with Crippen LogP contribution in [0.2, 0.25) is 0 Å². The summed E-state index contributed by atoms with van der Waals surface area (Å²) < 4.78 is 31.2. The van der Waals surface area contributed by atoms with Gasteiger partial charge in [0.1, 0.15) is 0 Å². The van der Waals surface area contributed by atoms with Crippen LogP contribution in [0.3, 0.4) is 0 Å². The van der Waals surface area contributed by atoms with Gasteiger partial charge in [0.05, 0.1) is 12.4 Å². The minimum atomic E-state index is -3.14. The SMILES string of the molecule is COCC(N)CCNS(=O)(=O)CC1CCCCC1. The average molecular weight is 278 g/mol. The largest absolute Gasteiger partial charge is 0.383 e. The van der Waals surface area contributed by atoms with E-state index in [-0.39, 0.29) is 11.8 Å². The van der Waals surface area contributed by atoms with Gasteiger partial charge in [-0.25, -0.2) is 13.1 Å². The van der Waals surface area contributed by atoms with Crippen molar-refractivity contribution >= 4 is 10.0 Å². The number of ether oxygens (including phenoxy) is 1. The molecule has 18 heavy (non-hydrogen) atoms. The Morgan fingerprint density at radius 2 is 2.00 bits per heavy atom. The van der Waals surface area contributed by atoms with Gasteiger partial charge in [-0.05, 0) is 25.2 Å². The van der Waals surface area contributed by atoms with Crippen molar-refractivity contribution < 1.29 is 13.2 Å². The predicted octanol–water partition coefficient (Wildman–Crippen LogP) is 0.850. The van der Waals surface area contributed by atoms with Gasteiger partial charge in [0.15, 0.2) is 0 Å². The summed E-state index contributed by atoms with van der Waals surface area (Å²) in [5, 5.41) is 0. The van der Waals surface area contributed by atoms with Crippen LogP contribution < -0.4 is 10.5 Å². The number of methoxy groups -OCH3 is 1. The number of sulfonamides is 1. The number of nitrogens with two attached hydrogens (primary N) is 1. The number of hydrogen-bond acceptors (Lipinski definition) is 4. The summed E-state index contributed by atoms with van der Waals surface area (Å²) in [5.41, 5.74) is 5.74. The first kappa shape index (κ1) is 15.9. The second-order valence-corrected chi connectivity index (χ2v) is 7.04. The fourth-order valence-electron chi connectivity index (χ4n) is 2.42. The Morgan fingerprint density at radius 1 is 1.33 bits per heavy atom. The van der Waals surface area contributed by atoms with Crippen LogP contribution in [0.4, 0.5) is 0 Å². The maximum atomic E-state index is 11.9. The highest BCUT2D eigenvalue weighted by atomic mass is 32.2. The van der Waals surface area contributed by atoms with Crippen molar-refractivity contribution in [3.8, 4) is 0 Å². The Labute approximate surface area is 111 Å². The second kappa shape index (κ2) is 8.09. The molecular weight excluding hydrogens is 252 g/mol. The lowest BCUT2D eigenvalue weighted by Crippen LogP contribution is -2.35. The third-order valence-electron chi connectivity index (χ3n) is 3.40. The van der Waals surface area contributed by atoms with Gasteiger partial charge in [0, 0.05) is 19.7 Å². The standard InChI is InChI=1S/C12H26N2O3S/c1-17-9-12(13)7-8-14-18(15,16)10-11-5-3-2-4-6-11/h11-12,14H,2-10,13H2,1H3. The topological polar surface area (TPSA) is 81.4 Å². The lowest BCUT2D eigenvalue weighted by molar-refractivity contribution is 0.177. The van der Waals surface area contributed by atoms with Crippen molar-refractivity contribution in [1.82, 2.24) is 4.72 Å². The fourth-order valence-corrected chi connectivity index (χ4v) is 3.92. The molecule has 1 aliphatic carbocycles. The Balaban J connectivity index is 2.22. The highest BCUT2D eigenvalue weighted by Crippen LogP contribution is 2.24. The summed E-state index contributed by atoms with van der Waals surface area (Å²) in [6.45, 7) is 0.865. The van der Waals surface area contributed by atoms with Crippen molar-refractivity contribution in [3.63, 3.8) is 0 Å². The van der Waals surface area contributed by atoms with Gasteiger partial charge in [-0.1, -0.05) is 19.3 Å². The first-order chi connectivity index (χ1) is 8.53. The fraction of sp³-hybridized carbons (Fsp3) is 1.00. The van der Waals surface area contributed by atoms with Crippen LogP contribution in [0.5, 0.6) is 0 Å². The van der Waals surface area contributed by atoms with Crippen molar-refractivity contribution in [2.24, 2.45) is 11.7 Å². The van der Waals surface area contributed by atoms with Crippen LogP contribution in [-0.2, 0) is 14.8 Å². The van der Waals surface area contributed by atoms with Gasteiger partial charge in [-0.15, -0.1) is 0 Å². The predicted molar refractivity (Wildman–Crippen MR) is 72.8 cm³/mol. The van der Waals surface area contributed by atoms with Crippen LogP contribution in [-0.4, -0.2) is 40.5 Å². The molecule has 1 aliphatic rings. The second-order valence-electron chi connectivity index (χ2n) is 5.18. The minimum Gasteiger partial charge on any atom is -0.383 e. The van der Waals surface area contributed by atoms with E-state index in [0.29, 0.717) is 25.5 Å². The molecule has 1 fully saturated rings. The lowest BCUT2D eigenvalue weighted by Gasteiger charge is -2.21. The molecule has 0 saturated heterocycles. The monoisotopic (exact) mass is 278 g/mol. The minimum absolute atomic E-state index is 0.104.